The van der Waals surface area contributed by atoms with Crippen LogP contribution in [0.15, 0.2) is 76.9 Å². The summed E-state index contributed by atoms with van der Waals surface area (Å²) in [5.41, 5.74) is 3.66. The van der Waals surface area contributed by atoms with Crippen LogP contribution in [0.5, 0.6) is 0 Å². The number of aryl methyl sites for hydroxylation is 1. The van der Waals surface area contributed by atoms with Crippen molar-refractivity contribution in [3.05, 3.63) is 110 Å². The molecule has 200 valence electrons. The van der Waals surface area contributed by atoms with Crippen LogP contribution in [0, 0.1) is 6.92 Å². The molecule has 2 atom stereocenters. The molecular formula is C30H32N6O2S. The van der Waals surface area contributed by atoms with Crippen molar-refractivity contribution in [2.45, 2.75) is 51.4 Å². The van der Waals surface area contributed by atoms with Crippen LogP contribution in [0.25, 0.3) is 10.9 Å². The Morgan fingerprint density at radius 2 is 2.05 bits per heavy atom. The minimum Gasteiger partial charge on any atom is -0.376 e. The first-order chi connectivity index (χ1) is 19.2. The number of pyridine rings is 1. The standard InChI is InChI=1S/C30H32N6O2S/c1-21-8-5-11-23-18-26(30(37)31-27(21)23)28(29-32-33-34-36(29)19-24-12-6-16-38-24)35(20-25-13-7-17-39-25)15-14-22-9-3-2-4-10-22/h2-5,7-11,13,17-18,24,28H,6,12,14-16,19-20H2,1H3,(H,31,37)/t24-,28+/m0/s1. The van der Waals surface area contributed by atoms with E-state index in [1.165, 1.54) is 10.4 Å². The molecule has 1 aliphatic heterocycles. The smallest absolute Gasteiger partial charge is 0.253 e. The van der Waals surface area contributed by atoms with Gasteiger partial charge in [-0.15, -0.1) is 16.4 Å². The maximum Gasteiger partial charge on any atom is 0.253 e. The van der Waals surface area contributed by atoms with E-state index in [1.54, 1.807) is 11.3 Å². The molecule has 9 heteroatoms. The van der Waals surface area contributed by atoms with E-state index in [9.17, 15) is 4.79 Å². The second-order valence-electron chi connectivity index (χ2n) is 10.1. The quantitative estimate of drug-likeness (QED) is 0.271. The first-order valence-corrected chi connectivity index (χ1v) is 14.3. The molecule has 0 saturated carbocycles. The Kier molecular flexibility index (Phi) is 7.62. The van der Waals surface area contributed by atoms with E-state index >= 15 is 0 Å². The number of tetrazole rings is 1. The van der Waals surface area contributed by atoms with Gasteiger partial charge in [-0.3, -0.25) is 9.69 Å². The van der Waals surface area contributed by atoms with Gasteiger partial charge < -0.3 is 9.72 Å². The molecule has 1 saturated heterocycles. The topological polar surface area (TPSA) is 88.9 Å². The number of para-hydroxylation sites is 1. The van der Waals surface area contributed by atoms with Gasteiger partial charge in [-0.2, -0.15) is 0 Å². The Hall–Kier alpha value is -3.66. The number of aromatic amines is 1. The van der Waals surface area contributed by atoms with Crippen molar-refractivity contribution in [2.24, 2.45) is 0 Å². The molecule has 0 bridgehead atoms. The number of fused-ring (bicyclic) bond motifs is 1. The Bertz CT molecular complexity index is 1570. The molecule has 8 nitrogen and oxygen atoms in total. The largest absolute Gasteiger partial charge is 0.376 e. The zero-order valence-corrected chi connectivity index (χ0v) is 22.8. The van der Waals surface area contributed by atoms with Gasteiger partial charge in [-0.25, -0.2) is 4.68 Å². The number of hydrogen-bond acceptors (Lipinski definition) is 7. The number of ether oxygens (including phenoxy) is 1. The fraction of sp³-hybridized carbons (Fsp3) is 0.333. The van der Waals surface area contributed by atoms with E-state index in [4.69, 9.17) is 4.74 Å². The molecular weight excluding hydrogens is 508 g/mol. The maximum absolute atomic E-state index is 13.8. The molecule has 0 aliphatic carbocycles. The van der Waals surface area contributed by atoms with E-state index < -0.39 is 6.04 Å². The maximum atomic E-state index is 13.8. The van der Waals surface area contributed by atoms with Crippen molar-refractivity contribution >= 4 is 22.2 Å². The fourth-order valence-electron chi connectivity index (χ4n) is 5.44. The zero-order chi connectivity index (χ0) is 26.6. The summed E-state index contributed by atoms with van der Waals surface area (Å²) in [5.74, 6) is 0.660. The number of nitrogens with zero attached hydrogens (tertiary/aromatic N) is 5. The predicted octanol–water partition coefficient (Wildman–Crippen LogP) is 4.90. The normalized spacial score (nSPS) is 16.3. The summed E-state index contributed by atoms with van der Waals surface area (Å²) in [4.78, 5) is 20.5. The van der Waals surface area contributed by atoms with Crippen molar-refractivity contribution in [1.29, 1.82) is 0 Å². The lowest BCUT2D eigenvalue weighted by Gasteiger charge is -2.31. The summed E-state index contributed by atoms with van der Waals surface area (Å²) >= 11 is 1.72. The molecule has 1 fully saturated rings. The van der Waals surface area contributed by atoms with Crippen LogP contribution in [0.4, 0.5) is 0 Å². The Morgan fingerprint density at radius 3 is 2.85 bits per heavy atom. The van der Waals surface area contributed by atoms with Gasteiger partial charge in [0.05, 0.1) is 18.2 Å². The van der Waals surface area contributed by atoms with Gasteiger partial charge in [-0.1, -0.05) is 54.6 Å². The number of H-pyrrole nitrogens is 1. The number of aromatic nitrogens is 5. The van der Waals surface area contributed by atoms with Crippen molar-refractivity contribution in [1.82, 2.24) is 30.1 Å². The zero-order valence-electron chi connectivity index (χ0n) is 22.0. The number of nitrogens with one attached hydrogen (secondary N) is 1. The second kappa shape index (κ2) is 11.6. The van der Waals surface area contributed by atoms with E-state index in [2.05, 4.69) is 67.2 Å². The summed E-state index contributed by atoms with van der Waals surface area (Å²) in [5, 5.41) is 16.1. The lowest BCUT2D eigenvalue weighted by Crippen LogP contribution is -2.36. The molecule has 1 aliphatic rings. The molecule has 3 aromatic heterocycles. The third-order valence-electron chi connectivity index (χ3n) is 7.45. The molecule has 4 heterocycles. The van der Waals surface area contributed by atoms with Gasteiger partial charge in [0, 0.05) is 30.1 Å². The van der Waals surface area contributed by atoms with Gasteiger partial charge in [0.2, 0.25) is 0 Å². The van der Waals surface area contributed by atoms with E-state index in [-0.39, 0.29) is 11.7 Å². The molecule has 0 spiro atoms. The summed E-state index contributed by atoms with van der Waals surface area (Å²) in [6.07, 6.45) is 2.92. The molecule has 6 rings (SSSR count). The average molecular weight is 541 g/mol. The van der Waals surface area contributed by atoms with Crippen molar-refractivity contribution in [3.8, 4) is 0 Å². The molecule has 39 heavy (non-hydrogen) atoms. The lowest BCUT2D eigenvalue weighted by atomic mass is 10.0. The van der Waals surface area contributed by atoms with Crippen LogP contribution in [0.1, 0.15) is 46.3 Å². The van der Waals surface area contributed by atoms with Crippen molar-refractivity contribution in [2.75, 3.05) is 13.2 Å². The summed E-state index contributed by atoms with van der Waals surface area (Å²) < 4.78 is 7.75. The Labute approximate surface area is 231 Å². The number of hydrogen-bond donors (Lipinski definition) is 1. The Morgan fingerprint density at radius 1 is 1.15 bits per heavy atom. The molecule has 0 radical (unpaired) electrons. The summed E-state index contributed by atoms with van der Waals surface area (Å²) in [6, 6.07) is 22.3. The number of thiophene rings is 1. The average Bonchev–Trinajstić information content (AvgIpc) is 3.74. The van der Waals surface area contributed by atoms with Crippen LogP contribution >= 0.6 is 11.3 Å². The first-order valence-electron chi connectivity index (χ1n) is 13.5. The SMILES string of the molecule is Cc1cccc2cc([C@H](c3nnnn3C[C@@H]3CCCO3)N(CCc3ccccc3)Cc3cccs3)c(=O)[nH]c12. The van der Waals surface area contributed by atoms with Crippen LogP contribution in [0.2, 0.25) is 0 Å². The third-order valence-corrected chi connectivity index (χ3v) is 8.31. The molecule has 0 unspecified atom stereocenters. The van der Waals surface area contributed by atoms with Crippen molar-refractivity contribution < 1.29 is 4.74 Å². The second-order valence-corrected chi connectivity index (χ2v) is 11.2. The molecule has 0 amide bonds. The minimum absolute atomic E-state index is 0.0699. The predicted molar refractivity (Wildman–Crippen MR) is 153 cm³/mol. The van der Waals surface area contributed by atoms with Crippen molar-refractivity contribution in [3.63, 3.8) is 0 Å². The molecule has 1 N–H and O–H groups in total. The van der Waals surface area contributed by atoms with E-state index in [0.29, 0.717) is 24.5 Å². The summed E-state index contributed by atoms with van der Waals surface area (Å²) in [6.45, 7) is 4.74. The Balaban J connectivity index is 1.46. The van der Waals surface area contributed by atoms with Gasteiger partial charge in [0.1, 0.15) is 6.04 Å². The third kappa shape index (κ3) is 5.71. The van der Waals surface area contributed by atoms with Crippen LogP contribution in [0.3, 0.4) is 0 Å². The lowest BCUT2D eigenvalue weighted by molar-refractivity contribution is 0.0906. The van der Waals surface area contributed by atoms with E-state index in [0.717, 1.165) is 48.9 Å². The highest BCUT2D eigenvalue weighted by atomic mass is 32.1. The molecule has 2 aromatic carbocycles. The van der Waals surface area contributed by atoms with Gasteiger partial charge in [-0.05, 0) is 70.6 Å². The highest BCUT2D eigenvalue weighted by molar-refractivity contribution is 7.09. The van der Waals surface area contributed by atoms with Crippen LogP contribution < -0.4 is 5.56 Å². The van der Waals surface area contributed by atoms with Crippen LogP contribution in [-0.2, 0) is 24.2 Å². The monoisotopic (exact) mass is 540 g/mol. The number of rotatable bonds is 10. The highest BCUT2D eigenvalue weighted by Gasteiger charge is 2.32. The fourth-order valence-corrected chi connectivity index (χ4v) is 6.17. The van der Waals surface area contributed by atoms with Gasteiger partial charge in [0.15, 0.2) is 5.82 Å². The molecule has 5 aromatic rings. The van der Waals surface area contributed by atoms with Gasteiger partial charge >= 0.3 is 0 Å². The van der Waals surface area contributed by atoms with Gasteiger partial charge in [0.25, 0.3) is 5.56 Å². The van der Waals surface area contributed by atoms with Crippen LogP contribution in [-0.4, -0.2) is 49.3 Å². The van der Waals surface area contributed by atoms with E-state index in [1.807, 2.05) is 41.9 Å². The highest BCUT2D eigenvalue weighted by Crippen LogP contribution is 2.30. The number of benzene rings is 2. The summed E-state index contributed by atoms with van der Waals surface area (Å²) in [7, 11) is 0. The minimum atomic E-state index is -0.444. The first kappa shape index (κ1) is 25.6.